The third-order valence-electron chi connectivity index (χ3n) is 6.81. The highest BCUT2D eigenvalue weighted by atomic mass is 16.7. The van der Waals surface area contributed by atoms with E-state index in [1.54, 1.807) is 30.4 Å². The molecule has 0 unspecified atom stereocenters. The van der Waals surface area contributed by atoms with Crippen LogP contribution in [-0.2, 0) is 9.63 Å². The number of carbonyl (C=O) groups excluding carboxylic acids is 1. The number of carbonyl (C=O) groups is 1. The van der Waals surface area contributed by atoms with Gasteiger partial charge in [-0.25, -0.2) is 15.0 Å². The topological polar surface area (TPSA) is 110 Å². The molecule has 2 heterocycles. The molecule has 228 valence electrons. The Bertz CT molecular complexity index is 1580. The standard InChI is InChI=1S/C33H36N6O5/c1-5-33(40)37-27-19-26(29(41-4)20-30(27)42-17-15-38(2)3)36-31-21-32(35-22-34-31)39-28(14-16-43-39)23-10-9-13-25(18-23)44-24-11-7-6-8-12-24/h5-13,18-22,28H,1,14-17H2,2-4H3,(H,37,40)(H,34,35,36)/t28-/m1/s1. The molecule has 4 aromatic rings. The van der Waals surface area contributed by atoms with Gasteiger partial charge in [0.2, 0.25) is 5.91 Å². The van der Waals surface area contributed by atoms with Crippen molar-refractivity contribution < 1.29 is 23.8 Å². The molecular formula is C33H36N6O5. The molecule has 1 fully saturated rings. The maximum Gasteiger partial charge on any atom is 0.247 e. The van der Waals surface area contributed by atoms with Gasteiger partial charge >= 0.3 is 0 Å². The van der Waals surface area contributed by atoms with Crippen LogP contribution in [0.25, 0.3) is 0 Å². The van der Waals surface area contributed by atoms with E-state index in [0.29, 0.717) is 54.3 Å². The molecular weight excluding hydrogens is 560 g/mol. The van der Waals surface area contributed by atoms with Crippen molar-refractivity contribution in [3.05, 3.63) is 97.3 Å². The number of methoxy groups -OCH3 is 1. The largest absolute Gasteiger partial charge is 0.494 e. The van der Waals surface area contributed by atoms with Crippen molar-refractivity contribution in [1.82, 2.24) is 14.9 Å². The van der Waals surface area contributed by atoms with Gasteiger partial charge in [0.25, 0.3) is 0 Å². The maximum atomic E-state index is 12.2. The first-order valence-electron chi connectivity index (χ1n) is 14.2. The van der Waals surface area contributed by atoms with Gasteiger partial charge in [-0.3, -0.25) is 9.63 Å². The van der Waals surface area contributed by atoms with Crippen molar-refractivity contribution in [1.29, 1.82) is 0 Å². The average Bonchev–Trinajstić information content (AvgIpc) is 3.53. The van der Waals surface area contributed by atoms with Crippen molar-refractivity contribution in [3.8, 4) is 23.0 Å². The first-order valence-corrected chi connectivity index (χ1v) is 14.2. The van der Waals surface area contributed by atoms with Gasteiger partial charge in [-0.2, -0.15) is 0 Å². The lowest BCUT2D eigenvalue weighted by Crippen LogP contribution is -2.22. The molecule has 1 atom stereocenters. The van der Waals surface area contributed by atoms with Crippen LogP contribution < -0.4 is 29.9 Å². The number of anilines is 4. The second kappa shape index (κ2) is 14.4. The molecule has 44 heavy (non-hydrogen) atoms. The van der Waals surface area contributed by atoms with E-state index in [1.807, 2.05) is 67.5 Å². The van der Waals surface area contributed by atoms with Crippen molar-refractivity contribution in [2.45, 2.75) is 12.5 Å². The summed E-state index contributed by atoms with van der Waals surface area (Å²) in [6, 6.07) is 22.8. The summed E-state index contributed by atoms with van der Waals surface area (Å²) < 4.78 is 17.7. The van der Waals surface area contributed by atoms with Crippen LogP contribution >= 0.6 is 0 Å². The summed E-state index contributed by atoms with van der Waals surface area (Å²) in [5.74, 6) is 3.22. The fourth-order valence-electron chi connectivity index (χ4n) is 4.65. The number of hydroxylamine groups is 1. The monoisotopic (exact) mass is 596 g/mol. The number of rotatable bonds is 13. The minimum atomic E-state index is -0.363. The molecule has 11 nitrogen and oxygen atoms in total. The zero-order valence-corrected chi connectivity index (χ0v) is 25.0. The Labute approximate surface area is 257 Å². The number of nitrogens with one attached hydrogen (secondary N) is 2. The first-order chi connectivity index (χ1) is 21.4. The summed E-state index contributed by atoms with van der Waals surface area (Å²) in [7, 11) is 5.48. The number of hydrogen-bond acceptors (Lipinski definition) is 10. The first kappa shape index (κ1) is 30.3. The summed E-state index contributed by atoms with van der Waals surface area (Å²) in [4.78, 5) is 29.2. The average molecular weight is 597 g/mol. The van der Waals surface area contributed by atoms with Crippen LogP contribution in [0.4, 0.5) is 23.0 Å². The Balaban J connectivity index is 1.37. The SMILES string of the molecule is C=CC(=O)Nc1cc(Nc2cc(N3OCC[C@@H]3c3cccc(Oc4ccccc4)c3)ncn2)c(OC)cc1OCCN(C)C. The number of likely N-dealkylation sites (N-methyl/N-ethyl adjacent to an activating group) is 1. The third-order valence-corrected chi connectivity index (χ3v) is 6.81. The highest BCUT2D eigenvalue weighted by molar-refractivity contribution is 6.00. The molecule has 0 saturated carbocycles. The minimum Gasteiger partial charge on any atom is -0.494 e. The predicted molar refractivity (Wildman–Crippen MR) is 170 cm³/mol. The Kier molecular flexibility index (Phi) is 9.90. The number of ether oxygens (including phenoxy) is 3. The number of aromatic nitrogens is 2. The Morgan fingerprint density at radius 2 is 1.86 bits per heavy atom. The molecule has 0 aliphatic carbocycles. The third kappa shape index (κ3) is 7.63. The molecule has 3 aromatic carbocycles. The van der Waals surface area contributed by atoms with Crippen LogP contribution in [0.15, 0.2) is 91.8 Å². The zero-order valence-electron chi connectivity index (χ0n) is 25.0. The van der Waals surface area contributed by atoms with Gasteiger partial charge in [-0.15, -0.1) is 0 Å². The van der Waals surface area contributed by atoms with Crippen molar-refractivity contribution in [2.75, 3.05) is 56.7 Å². The molecule has 2 N–H and O–H groups in total. The molecule has 1 aliphatic heterocycles. The fraction of sp³-hybridized carbons (Fsp3) is 0.242. The van der Waals surface area contributed by atoms with E-state index >= 15 is 0 Å². The summed E-state index contributed by atoms with van der Waals surface area (Å²) >= 11 is 0. The van der Waals surface area contributed by atoms with Gasteiger partial charge < -0.3 is 29.7 Å². The quantitative estimate of drug-likeness (QED) is 0.179. The van der Waals surface area contributed by atoms with E-state index < -0.39 is 0 Å². The summed E-state index contributed by atoms with van der Waals surface area (Å²) in [6.45, 7) is 5.22. The molecule has 1 amide bonds. The number of nitrogens with zero attached hydrogens (tertiary/aromatic N) is 4. The van der Waals surface area contributed by atoms with Crippen LogP contribution in [-0.4, -0.2) is 61.7 Å². The Morgan fingerprint density at radius 3 is 2.64 bits per heavy atom. The van der Waals surface area contributed by atoms with E-state index in [4.69, 9.17) is 19.0 Å². The van der Waals surface area contributed by atoms with Gasteiger partial charge in [0, 0.05) is 25.1 Å². The number of amides is 1. The van der Waals surface area contributed by atoms with Gasteiger partial charge in [0.15, 0.2) is 5.82 Å². The van der Waals surface area contributed by atoms with Crippen LogP contribution in [0, 0.1) is 0 Å². The molecule has 1 aliphatic rings. The molecule has 1 saturated heterocycles. The molecule has 5 rings (SSSR count). The molecule has 0 radical (unpaired) electrons. The van der Waals surface area contributed by atoms with E-state index in [1.165, 1.54) is 12.4 Å². The lowest BCUT2D eigenvalue weighted by Gasteiger charge is -2.24. The van der Waals surface area contributed by atoms with E-state index in [-0.39, 0.29) is 11.9 Å². The molecule has 0 bridgehead atoms. The fourth-order valence-corrected chi connectivity index (χ4v) is 4.65. The summed E-state index contributed by atoms with van der Waals surface area (Å²) in [5.41, 5.74) is 2.08. The maximum absolute atomic E-state index is 12.2. The molecule has 1 aromatic heterocycles. The Morgan fingerprint density at radius 1 is 1.05 bits per heavy atom. The summed E-state index contributed by atoms with van der Waals surface area (Å²) in [6.07, 6.45) is 3.45. The smallest absolute Gasteiger partial charge is 0.247 e. The van der Waals surface area contributed by atoms with Gasteiger partial charge in [0.05, 0.1) is 31.1 Å². The van der Waals surface area contributed by atoms with Crippen LogP contribution in [0.2, 0.25) is 0 Å². The van der Waals surface area contributed by atoms with Crippen molar-refractivity contribution in [2.24, 2.45) is 0 Å². The zero-order chi connectivity index (χ0) is 30.9. The summed E-state index contributed by atoms with van der Waals surface area (Å²) in [5, 5.41) is 7.90. The second-order valence-electron chi connectivity index (χ2n) is 10.2. The van der Waals surface area contributed by atoms with Gasteiger partial charge in [-0.05, 0) is 56.1 Å². The Hall–Kier alpha value is -5.13. The highest BCUT2D eigenvalue weighted by Crippen LogP contribution is 2.39. The number of benzene rings is 3. The van der Waals surface area contributed by atoms with E-state index in [0.717, 1.165) is 23.5 Å². The van der Waals surface area contributed by atoms with Crippen LogP contribution in [0.1, 0.15) is 18.0 Å². The van der Waals surface area contributed by atoms with E-state index in [9.17, 15) is 4.79 Å². The van der Waals surface area contributed by atoms with Crippen molar-refractivity contribution >= 4 is 28.9 Å². The normalized spacial score (nSPS) is 14.3. The van der Waals surface area contributed by atoms with E-state index in [2.05, 4.69) is 33.2 Å². The lowest BCUT2D eigenvalue weighted by atomic mass is 10.0. The second-order valence-corrected chi connectivity index (χ2v) is 10.2. The van der Waals surface area contributed by atoms with Crippen LogP contribution in [0.5, 0.6) is 23.0 Å². The highest BCUT2D eigenvalue weighted by Gasteiger charge is 2.29. The van der Waals surface area contributed by atoms with Gasteiger partial charge in [0.1, 0.15) is 41.8 Å². The molecule has 11 heteroatoms. The number of para-hydroxylation sites is 1. The minimum absolute atomic E-state index is 0.0778. The lowest BCUT2D eigenvalue weighted by molar-refractivity contribution is -0.111. The van der Waals surface area contributed by atoms with Gasteiger partial charge in [-0.1, -0.05) is 36.9 Å². The number of hydrogen-bond donors (Lipinski definition) is 2. The molecule has 0 spiro atoms. The van der Waals surface area contributed by atoms with Crippen LogP contribution in [0.3, 0.4) is 0 Å². The predicted octanol–water partition coefficient (Wildman–Crippen LogP) is 5.97. The van der Waals surface area contributed by atoms with Crippen molar-refractivity contribution in [3.63, 3.8) is 0 Å².